The van der Waals surface area contributed by atoms with Crippen LogP contribution in [0, 0.1) is 5.92 Å². The van der Waals surface area contributed by atoms with Gasteiger partial charge < -0.3 is 10.1 Å². The van der Waals surface area contributed by atoms with Crippen molar-refractivity contribution in [3.8, 4) is 0 Å². The summed E-state index contributed by atoms with van der Waals surface area (Å²) >= 11 is 3.39. The monoisotopic (exact) mass is 327 g/mol. The van der Waals surface area contributed by atoms with Gasteiger partial charge in [-0.05, 0) is 47.5 Å². The Labute approximate surface area is 120 Å². The molecule has 1 saturated carbocycles. The maximum Gasteiger partial charge on any atom is 0.283 e. The van der Waals surface area contributed by atoms with Gasteiger partial charge in [0.1, 0.15) is 4.47 Å². The van der Waals surface area contributed by atoms with Crippen molar-refractivity contribution in [1.82, 2.24) is 9.78 Å². The van der Waals surface area contributed by atoms with Gasteiger partial charge in [0, 0.05) is 19.2 Å². The molecule has 19 heavy (non-hydrogen) atoms. The lowest BCUT2D eigenvalue weighted by Crippen LogP contribution is -2.32. The highest BCUT2D eigenvalue weighted by atomic mass is 79.9. The number of halogens is 1. The van der Waals surface area contributed by atoms with Gasteiger partial charge in [0.15, 0.2) is 0 Å². The average molecular weight is 328 g/mol. The summed E-state index contributed by atoms with van der Waals surface area (Å²) in [5, 5.41) is 7.59. The van der Waals surface area contributed by atoms with Crippen LogP contribution in [0.1, 0.15) is 25.7 Å². The second-order valence-electron chi connectivity index (χ2n) is 5.36. The topological polar surface area (TPSA) is 56.1 Å². The first-order valence-electron chi connectivity index (χ1n) is 6.84. The molecule has 2 aliphatic rings. The Balaban J connectivity index is 1.74. The lowest BCUT2D eigenvalue weighted by molar-refractivity contribution is 0.0876. The molecule has 3 rings (SSSR count). The van der Waals surface area contributed by atoms with Crippen molar-refractivity contribution in [2.45, 2.75) is 38.3 Å². The molecule has 1 N–H and O–H groups in total. The van der Waals surface area contributed by atoms with Crippen LogP contribution in [0.3, 0.4) is 0 Å². The molecule has 0 radical (unpaired) electrons. The summed E-state index contributed by atoms with van der Waals surface area (Å²) in [6, 6.07) is 0.269. The van der Waals surface area contributed by atoms with E-state index in [4.69, 9.17) is 4.74 Å². The summed E-state index contributed by atoms with van der Waals surface area (Å²) in [6.07, 6.45) is 6.29. The predicted octanol–water partition coefficient (Wildman–Crippen LogP) is 2.01. The minimum Gasteiger partial charge on any atom is -0.379 e. The van der Waals surface area contributed by atoms with Gasteiger partial charge in [-0.25, -0.2) is 4.68 Å². The molecule has 1 atom stereocenters. The van der Waals surface area contributed by atoms with Crippen molar-refractivity contribution >= 4 is 21.6 Å². The van der Waals surface area contributed by atoms with Crippen LogP contribution in [-0.4, -0.2) is 29.0 Å². The van der Waals surface area contributed by atoms with Gasteiger partial charge in [-0.3, -0.25) is 4.79 Å². The highest BCUT2D eigenvalue weighted by Gasteiger charge is 2.23. The molecule has 2 heterocycles. The van der Waals surface area contributed by atoms with Gasteiger partial charge in [0.2, 0.25) is 0 Å². The number of hydrogen-bond donors (Lipinski definition) is 1. The Morgan fingerprint density at radius 2 is 2.32 bits per heavy atom. The zero-order chi connectivity index (χ0) is 13.2. The number of ether oxygens (including phenoxy) is 1. The highest BCUT2D eigenvalue weighted by molar-refractivity contribution is 9.10. The maximum atomic E-state index is 12.2. The van der Waals surface area contributed by atoms with E-state index in [0.717, 1.165) is 31.7 Å². The number of hydrogen-bond acceptors (Lipinski definition) is 4. The van der Waals surface area contributed by atoms with E-state index in [-0.39, 0.29) is 11.6 Å². The van der Waals surface area contributed by atoms with Crippen LogP contribution in [-0.2, 0) is 11.3 Å². The van der Waals surface area contributed by atoms with Crippen LogP contribution in [0.2, 0.25) is 0 Å². The molecule has 0 aromatic carbocycles. The normalized spacial score (nSPS) is 23.3. The minimum absolute atomic E-state index is 0.0476. The smallest absolute Gasteiger partial charge is 0.283 e. The number of aromatic nitrogens is 2. The lowest BCUT2D eigenvalue weighted by Gasteiger charge is -2.24. The second-order valence-corrected chi connectivity index (χ2v) is 6.15. The molecule has 104 valence electrons. The van der Waals surface area contributed by atoms with Gasteiger partial charge in [0.05, 0.1) is 18.5 Å². The van der Waals surface area contributed by atoms with Crippen molar-refractivity contribution < 1.29 is 4.74 Å². The SMILES string of the molecule is O=c1c(Br)c(NC2CCCOC2)cnn1CC1CC1. The molecule has 0 spiro atoms. The molecular formula is C13H18BrN3O2. The van der Waals surface area contributed by atoms with E-state index in [1.165, 1.54) is 12.8 Å². The first-order valence-corrected chi connectivity index (χ1v) is 7.63. The average Bonchev–Trinajstić information content (AvgIpc) is 3.24. The Morgan fingerprint density at radius 1 is 1.47 bits per heavy atom. The van der Waals surface area contributed by atoms with E-state index >= 15 is 0 Å². The van der Waals surface area contributed by atoms with E-state index in [9.17, 15) is 4.79 Å². The zero-order valence-electron chi connectivity index (χ0n) is 10.8. The molecule has 1 aliphatic carbocycles. The molecule has 1 aromatic heterocycles. The number of rotatable bonds is 4. The third-order valence-electron chi connectivity index (χ3n) is 3.63. The maximum absolute atomic E-state index is 12.2. The first-order chi connectivity index (χ1) is 9.24. The van der Waals surface area contributed by atoms with Gasteiger partial charge in [-0.2, -0.15) is 5.10 Å². The lowest BCUT2D eigenvalue weighted by atomic mass is 10.1. The molecule has 1 aromatic rings. The van der Waals surface area contributed by atoms with Crippen LogP contribution in [0.15, 0.2) is 15.5 Å². The summed E-state index contributed by atoms with van der Waals surface area (Å²) in [6.45, 7) is 2.27. The molecule has 0 amide bonds. The van der Waals surface area contributed by atoms with Gasteiger partial charge in [-0.15, -0.1) is 0 Å². The van der Waals surface area contributed by atoms with Gasteiger partial charge >= 0.3 is 0 Å². The third kappa shape index (κ3) is 3.17. The fraction of sp³-hybridized carbons (Fsp3) is 0.692. The van der Waals surface area contributed by atoms with Crippen LogP contribution in [0.25, 0.3) is 0 Å². The predicted molar refractivity (Wildman–Crippen MR) is 76.4 cm³/mol. The fourth-order valence-corrected chi connectivity index (χ4v) is 2.74. The minimum atomic E-state index is -0.0476. The van der Waals surface area contributed by atoms with Crippen LogP contribution >= 0.6 is 15.9 Å². The quantitative estimate of drug-likeness (QED) is 0.919. The number of nitrogens with one attached hydrogen (secondary N) is 1. The van der Waals surface area contributed by atoms with E-state index < -0.39 is 0 Å². The van der Waals surface area contributed by atoms with Crippen LogP contribution < -0.4 is 10.9 Å². The summed E-state index contributed by atoms with van der Waals surface area (Å²) in [4.78, 5) is 12.2. The van der Waals surface area contributed by atoms with E-state index in [1.54, 1.807) is 10.9 Å². The Bertz CT molecular complexity index is 507. The summed E-state index contributed by atoms with van der Waals surface area (Å²) < 4.78 is 7.56. The Morgan fingerprint density at radius 3 is 3.00 bits per heavy atom. The molecule has 1 saturated heterocycles. The molecule has 0 bridgehead atoms. The summed E-state index contributed by atoms with van der Waals surface area (Å²) in [5.41, 5.74) is 0.723. The van der Waals surface area contributed by atoms with Crippen molar-refractivity contribution in [2.75, 3.05) is 18.5 Å². The van der Waals surface area contributed by atoms with Gasteiger partial charge in [-0.1, -0.05) is 0 Å². The summed E-state index contributed by atoms with van der Waals surface area (Å²) in [7, 11) is 0. The molecule has 5 nitrogen and oxygen atoms in total. The number of anilines is 1. The van der Waals surface area contributed by atoms with Crippen molar-refractivity contribution in [2.24, 2.45) is 5.92 Å². The van der Waals surface area contributed by atoms with Crippen molar-refractivity contribution in [3.05, 3.63) is 21.0 Å². The van der Waals surface area contributed by atoms with Gasteiger partial charge in [0.25, 0.3) is 5.56 Å². The van der Waals surface area contributed by atoms with Crippen molar-refractivity contribution in [3.63, 3.8) is 0 Å². The molecule has 1 unspecified atom stereocenters. The first kappa shape index (κ1) is 13.1. The van der Waals surface area contributed by atoms with E-state index in [2.05, 4.69) is 26.3 Å². The fourth-order valence-electron chi connectivity index (χ4n) is 2.32. The van der Waals surface area contributed by atoms with E-state index in [1.807, 2.05) is 0 Å². The largest absolute Gasteiger partial charge is 0.379 e. The molecular weight excluding hydrogens is 310 g/mol. The van der Waals surface area contributed by atoms with Crippen LogP contribution in [0.4, 0.5) is 5.69 Å². The van der Waals surface area contributed by atoms with E-state index in [0.29, 0.717) is 17.0 Å². The van der Waals surface area contributed by atoms with Crippen molar-refractivity contribution in [1.29, 1.82) is 0 Å². The van der Waals surface area contributed by atoms with Crippen LogP contribution in [0.5, 0.6) is 0 Å². The Kier molecular flexibility index (Phi) is 3.88. The zero-order valence-corrected chi connectivity index (χ0v) is 12.4. The summed E-state index contributed by atoms with van der Waals surface area (Å²) in [5.74, 6) is 0.641. The number of nitrogens with zero attached hydrogens (tertiary/aromatic N) is 2. The standard InChI is InChI=1S/C13H18BrN3O2/c14-12-11(16-10-2-1-5-19-8-10)6-15-17(13(12)18)7-9-3-4-9/h6,9-10,16H,1-5,7-8H2. The Hall–Kier alpha value is -0.880. The molecule has 2 fully saturated rings. The molecule has 6 heteroatoms. The highest BCUT2D eigenvalue weighted by Crippen LogP contribution is 2.30. The second kappa shape index (κ2) is 5.63. The third-order valence-corrected chi connectivity index (χ3v) is 4.40. The molecule has 1 aliphatic heterocycles.